The number of hydrogen-bond acceptors (Lipinski definition) is 3. The number of esters is 1. The highest BCUT2D eigenvalue weighted by Gasteiger charge is 2.16. The van der Waals surface area contributed by atoms with Crippen LogP contribution in [-0.2, 0) is 9.53 Å². The van der Waals surface area contributed by atoms with Gasteiger partial charge in [0.05, 0.1) is 7.11 Å². The summed E-state index contributed by atoms with van der Waals surface area (Å²) in [4.78, 5) is 11.3. The molecule has 0 aromatic rings. The topological polar surface area (TPSA) is 38.3 Å². The van der Waals surface area contributed by atoms with Crippen LogP contribution in [0, 0.1) is 0 Å². The van der Waals surface area contributed by atoms with Crippen molar-refractivity contribution in [3.05, 3.63) is 12.2 Å². The Morgan fingerprint density at radius 3 is 2.64 bits per heavy atom. The van der Waals surface area contributed by atoms with Gasteiger partial charge in [-0.3, -0.25) is 4.79 Å². The molecule has 0 saturated carbocycles. The average molecular weight is 199 g/mol. The number of unbranched alkanes of at least 4 members (excludes halogenated alkanes) is 1. The molecule has 0 aliphatic heterocycles. The molecule has 14 heavy (non-hydrogen) atoms. The highest BCUT2D eigenvalue weighted by molar-refractivity contribution is 5.75. The summed E-state index contributed by atoms with van der Waals surface area (Å²) < 4.78 is 4.71. The maximum Gasteiger partial charge on any atom is 0.322 e. The van der Waals surface area contributed by atoms with Gasteiger partial charge in [-0.25, -0.2) is 0 Å². The van der Waals surface area contributed by atoms with E-state index in [-0.39, 0.29) is 12.0 Å². The first-order valence-corrected chi connectivity index (χ1v) is 5.07. The van der Waals surface area contributed by atoms with E-state index in [0.29, 0.717) is 6.54 Å². The molecule has 0 aromatic heterocycles. The molecule has 0 heterocycles. The summed E-state index contributed by atoms with van der Waals surface area (Å²) in [5.41, 5.74) is 1.02. The molecule has 0 bridgehead atoms. The monoisotopic (exact) mass is 199 g/mol. The Morgan fingerprint density at radius 1 is 1.57 bits per heavy atom. The Kier molecular flexibility index (Phi) is 7.11. The molecule has 0 aliphatic carbocycles. The van der Waals surface area contributed by atoms with Crippen molar-refractivity contribution in [1.29, 1.82) is 0 Å². The smallest absolute Gasteiger partial charge is 0.322 e. The Hall–Kier alpha value is -0.830. The van der Waals surface area contributed by atoms with E-state index in [0.717, 1.165) is 24.8 Å². The summed E-state index contributed by atoms with van der Waals surface area (Å²) in [5.74, 6) is -0.181. The Morgan fingerprint density at radius 2 is 2.21 bits per heavy atom. The zero-order valence-corrected chi connectivity index (χ0v) is 9.43. The first kappa shape index (κ1) is 13.2. The van der Waals surface area contributed by atoms with Crippen LogP contribution in [0.1, 0.15) is 33.1 Å². The lowest BCUT2D eigenvalue weighted by molar-refractivity contribution is -0.143. The number of carbonyl (C=O) groups excluding carboxylic acids is 1. The van der Waals surface area contributed by atoms with Gasteiger partial charge in [0.1, 0.15) is 6.04 Å². The van der Waals surface area contributed by atoms with E-state index in [4.69, 9.17) is 4.74 Å². The Balaban J connectivity index is 3.96. The second-order valence-electron chi connectivity index (χ2n) is 3.56. The van der Waals surface area contributed by atoms with E-state index in [9.17, 15) is 4.79 Å². The summed E-state index contributed by atoms with van der Waals surface area (Å²) in [6, 6.07) is -0.184. The Bertz CT molecular complexity index is 190. The molecule has 1 atom stereocenters. The van der Waals surface area contributed by atoms with E-state index < -0.39 is 0 Å². The van der Waals surface area contributed by atoms with Crippen LogP contribution < -0.4 is 5.32 Å². The number of rotatable bonds is 7. The van der Waals surface area contributed by atoms with Gasteiger partial charge in [-0.2, -0.15) is 0 Å². The van der Waals surface area contributed by atoms with Crippen LogP contribution in [0.25, 0.3) is 0 Å². The molecule has 0 fully saturated rings. The molecule has 1 unspecified atom stereocenters. The highest BCUT2D eigenvalue weighted by atomic mass is 16.5. The molecular weight excluding hydrogens is 178 g/mol. The van der Waals surface area contributed by atoms with Gasteiger partial charge in [0, 0.05) is 6.54 Å². The van der Waals surface area contributed by atoms with Crippen LogP contribution in [-0.4, -0.2) is 25.7 Å². The highest BCUT2D eigenvalue weighted by Crippen LogP contribution is 2.02. The molecule has 1 N–H and O–H groups in total. The van der Waals surface area contributed by atoms with Gasteiger partial charge >= 0.3 is 5.97 Å². The lowest BCUT2D eigenvalue weighted by Gasteiger charge is -2.15. The summed E-state index contributed by atoms with van der Waals surface area (Å²) in [5, 5.41) is 3.13. The molecular formula is C11H21NO2. The largest absolute Gasteiger partial charge is 0.468 e. The van der Waals surface area contributed by atoms with Crippen molar-refractivity contribution < 1.29 is 9.53 Å². The molecule has 3 heteroatoms. The van der Waals surface area contributed by atoms with Gasteiger partial charge in [0.2, 0.25) is 0 Å². The van der Waals surface area contributed by atoms with Crippen LogP contribution in [0.2, 0.25) is 0 Å². The van der Waals surface area contributed by atoms with Crippen molar-refractivity contribution >= 4 is 5.97 Å². The van der Waals surface area contributed by atoms with Crippen molar-refractivity contribution in [2.75, 3.05) is 13.7 Å². The normalized spacial score (nSPS) is 12.2. The summed E-state index contributed by atoms with van der Waals surface area (Å²) in [7, 11) is 1.42. The summed E-state index contributed by atoms with van der Waals surface area (Å²) in [6.45, 7) is 8.48. The first-order chi connectivity index (χ1) is 6.61. The molecule has 0 spiro atoms. The lowest BCUT2D eigenvalue weighted by Crippen LogP contribution is -2.38. The average Bonchev–Trinajstić information content (AvgIpc) is 2.16. The second kappa shape index (κ2) is 7.56. The zero-order chi connectivity index (χ0) is 11.0. The van der Waals surface area contributed by atoms with Crippen molar-refractivity contribution in [2.24, 2.45) is 0 Å². The van der Waals surface area contributed by atoms with E-state index in [1.54, 1.807) is 0 Å². The van der Waals surface area contributed by atoms with Crippen LogP contribution in [0.3, 0.4) is 0 Å². The predicted octanol–water partition coefficient (Wildman–Crippen LogP) is 1.88. The fourth-order valence-corrected chi connectivity index (χ4v) is 1.15. The quantitative estimate of drug-likeness (QED) is 0.502. The van der Waals surface area contributed by atoms with Crippen LogP contribution in [0.15, 0.2) is 12.2 Å². The van der Waals surface area contributed by atoms with Crippen molar-refractivity contribution in [3.8, 4) is 0 Å². The standard InChI is InChI=1S/C11H21NO2/c1-5-6-7-10(11(13)14-4)12-8-9(2)3/h10,12H,2,5-8H2,1,3-4H3. The minimum Gasteiger partial charge on any atom is -0.468 e. The van der Waals surface area contributed by atoms with Gasteiger partial charge in [0.25, 0.3) is 0 Å². The third-order valence-electron chi connectivity index (χ3n) is 1.98. The van der Waals surface area contributed by atoms with E-state index in [2.05, 4.69) is 18.8 Å². The minimum absolute atomic E-state index is 0.181. The van der Waals surface area contributed by atoms with Crippen molar-refractivity contribution in [3.63, 3.8) is 0 Å². The van der Waals surface area contributed by atoms with Crippen LogP contribution >= 0.6 is 0 Å². The van der Waals surface area contributed by atoms with Gasteiger partial charge in [-0.15, -0.1) is 0 Å². The molecule has 0 aliphatic rings. The maximum atomic E-state index is 11.3. The lowest BCUT2D eigenvalue weighted by atomic mass is 10.1. The van der Waals surface area contributed by atoms with Crippen molar-refractivity contribution in [2.45, 2.75) is 39.2 Å². The number of nitrogens with one attached hydrogen (secondary N) is 1. The van der Waals surface area contributed by atoms with Gasteiger partial charge < -0.3 is 10.1 Å². The number of hydrogen-bond donors (Lipinski definition) is 1. The number of ether oxygens (including phenoxy) is 1. The van der Waals surface area contributed by atoms with Gasteiger partial charge in [-0.05, 0) is 13.3 Å². The zero-order valence-electron chi connectivity index (χ0n) is 9.43. The molecule has 82 valence electrons. The number of methoxy groups -OCH3 is 1. The molecule has 3 nitrogen and oxygen atoms in total. The van der Waals surface area contributed by atoms with Crippen LogP contribution in [0.5, 0.6) is 0 Å². The summed E-state index contributed by atoms with van der Waals surface area (Å²) >= 11 is 0. The van der Waals surface area contributed by atoms with Gasteiger partial charge in [0.15, 0.2) is 0 Å². The van der Waals surface area contributed by atoms with Crippen molar-refractivity contribution in [1.82, 2.24) is 5.32 Å². The second-order valence-corrected chi connectivity index (χ2v) is 3.56. The van der Waals surface area contributed by atoms with Crippen LogP contribution in [0.4, 0.5) is 0 Å². The van der Waals surface area contributed by atoms with E-state index in [1.807, 2.05) is 6.92 Å². The SMILES string of the molecule is C=C(C)CNC(CCCC)C(=O)OC. The minimum atomic E-state index is -0.184. The predicted molar refractivity (Wildman–Crippen MR) is 58.1 cm³/mol. The third-order valence-corrected chi connectivity index (χ3v) is 1.98. The van der Waals surface area contributed by atoms with E-state index in [1.165, 1.54) is 7.11 Å². The molecule has 0 amide bonds. The molecule has 0 aromatic carbocycles. The summed E-state index contributed by atoms with van der Waals surface area (Å²) in [6.07, 6.45) is 2.95. The maximum absolute atomic E-state index is 11.3. The Labute approximate surface area is 86.5 Å². The third kappa shape index (κ3) is 5.75. The fourth-order valence-electron chi connectivity index (χ4n) is 1.15. The molecule has 0 rings (SSSR count). The molecule has 0 radical (unpaired) electrons. The fraction of sp³-hybridized carbons (Fsp3) is 0.727. The van der Waals surface area contributed by atoms with Gasteiger partial charge in [-0.1, -0.05) is 31.9 Å². The molecule has 0 saturated heterocycles. The first-order valence-electron chi connectivity index (χ1n) is 5.07. The number of carbonyl (C=O) groups is 1. The van der Waals surface area contributed by atoms with E-state index >= 15 is 0 Å².